The van der Waals surface area contributed by atoms with E-state index in [4.69, 9.17) is 44.4 Å². The predicted molar refractivity (Wildman–Crippen MR) is 311 cm³/mol. The van der Waals surface area contributed by atoms with Gasteiger partial charge in [0, 0.05) is 0 Å². The Labute approximate surface area is 497 Å². The van der Waals surface area contributed by atoms with Crippen LogP contribution < -0.4 is 16.8 Å². The Morgan fingerprint density at radius 1 is 0.447 bits per heavy atom. The van der Waals surface area contributed by atoms with Crippen molar-refractivity contribution in [3.63, 3.8) is 0 Å². The fourth-order valence-corrected chi connectivity index (χ4v) is 6.79. The molecule has 0 bridgehead atoms. The molecule has 85 heavy (non-hydrogen) atoms. The highest BCUT2D eigenvalue weighted by molar-refractivity contribution is 7.85. The van der Waals surface area contributed by atoms with E-state index in [0.717, 1.165) is 0 Å². The van der Waals surface area contributed by atoms with E-state index in [9.17, 15) is 67.8 Å². The minimum atomic E-state index is -3.67. The summed E-state index contributed by atoms with van der Waals surface area (Å²) >= 11 is 0. The number of nitrogens with one attached hydrogen (secondary N) is 1. The molecule has 0 unspecified atom stereocenters. The van der Waals surface area contributed by atoms with Gasteiger partial charge in [0.25, 0.3) is 10.1 Å². The zero-order chi connectivity index (χ0) is 62.5. The number of benzene rings is 6. The van der Waals surface area contributed by atoms with E-state index < -0.39 is 82.4 Å². The van der Waals surface area contributed by atoms with Crippen molar-refractivity contribution in [1.29, 1.82) is 0 Å². The number of esters is 6. The molecule has 26 heteroatoms. The molecule has 0 amide bonds. The number of hydrogen-bond donors (Lipinski definition) is 10. The number of phenols is 6. The summed E-state index contributed by atoms with van der Waals surface area (Å²) in [7, 11) is -2.05. The monoisotopic (exact) mass is 1220 g/mol. The van der Waals surface area contributed by atoms with E-state index in [0.29, 0.717) is 39.6 Å². The molecule has 12 N–H and O–H groups in total. The van der Waals surface area contributed by atoms with Gasteiger partial charge in [-0.3, -0.25) is 18.9 Å². The number of halogens is 1. The highest BCUT2D eigenvalue weighted by Crippen LogP contribution is 2.27. The average Bonchev–Trinajstić information content (AvgIpc) is 3.47. The van der Waals surface area contributed by atoms with Gasteiger partial charge in [0.2, 0.25) is 0 Å². The smallest absolute Gasteiger partial charge is 0.338 e. The molecule has 0 aromatic heterocycles. The van der Waals surface area contributed by atoms with Crippen molar-refractivity contribution in [3.8, 4) is 34.5 Å². The summed E-state index contributed by atoms with van der Waals surface area (Å²) < 4.78 is 56.9. The Hall–Kier alpha value is -8.98. The highest BCUT2D eigenvalue weighted by atomic mass is 35.5. The largest absolute Gasteiger partial charge is 0.504 e. The van der Waals surface area contributed by atoms with Crippen LogP contribution in [0.25, 0.3) is 0 Å². The quantitative estimate of drug-likeness (QED) is 0.0175. The van der Waals surface area contributed by atoms with Crippen molar-refractivity contribution in [2.45, 2.75) is 76.5 Å². The molecule has 6 aromatic rings. The van der Waals surface area contributed by atoms with Gasteiger partial charge >= 0.3 is 35.8 Å². The van der Waals surface area contributed by atoms with Crippen LogP contribution in [0.1, 0.15) is 68.5 Å². The molecular weight excluding hydrogens is 1150 g/mol. The average molecular weight is 1220 g/mol. The molecule has 6 aromatic carbocycles. The molecule has 0 radical (unpaired) electrons. The van der Waals surface area contributed by atoms with Crippen molar-refractivity contribution in [1.82, 2.24) is 5.32 Å². The molecule has 0 heterocycles. The van der Waals surface area contributed by atoms with E-state index in [-0.39, 0.29) is 86.0 Å². The number of carbonyl (C=O) groups is 6. The zero-order valence-corrected chi connectivity index (χ0v) is 48.5. The molecular formula is C59H70ClN3O21S. The second kappa shape index (κ2) is 36.6. The summed E-state index contributed by atoms with van der Waals surface area (Å²) in [6, 6.07) is 35.7. The predicted octanol–water partition coefficient (Wildman–Crippen LogP) is 5.46. The fourth-order valence-electron chi connectivity index (χ4n) is 6.79. The number of hydrogen-bond acceptors (Lipinski definition) is 23. The minimum absolute atomic E-state index is 0. The van der Waals surface area contributed by atoms with Gasteiger partial charge in [-0.2, -0.15) is 8.42 Å². The maximum Gasteiger partial charge on any atom is 0.338 e. The van der Waals surface area contributed by atoms with Crippen molar-refractivity contribution in [2.24, 2.45) is 11.5 Å². The van der Waals surface area contributed by atoms with E-state index in [1.807, 2.05) is 0 Å². The lowest BCUT2D eigenvalue weighted by Gasteiger charge is -2.18. The second-order valence-electron chi connectivity index (χ2n) is 18.5. The minimum Gasteiger partial charge on any atom is -0.504 e. The summed E-state index contributed by atoms with van der Waals surface area (Å²) in [5, 5.41) is 59.2. The van der Waals surface area contributed by atoms with Gasteiger partial charge in [-0.15, -0.1) is 12.4 Å². The number of rotatable bonds is 22. The van der Waals surface area contributed by atoms with E-state index in [1.54, 1.807) is 137 Å². The second-order valence-corrected chi connectivity index (χ2v) is 20.0. The molecule has 6 atom stereocenters. The third-order valence-electron chi connectivity index (χ3n) is 11.0. The van der Waals surface area contributed by atoms with Gasteiger partial charge in [0.1, 0.15) is 56.3 Å². The molecule has 0 fully saturated rings. The van der Waals surface area contributed by atoms with Gasteiger partial charge in [-0.25, -0.2) is 14.4 Å². The van der Waals surface area contributed by atoms with Gasteiger partial charge in [0.05, 0.1) is 22.9 Å². The topological polar surface area (TPSA) is 398 Å². The third-order valence-corrected chi connectivity index (χ3v) is 11.0. The van der Waals surface area contributed by atoms with Crippen molar-refractivity contribution in [2.75, 3.05) is 33.1 Å². The Balaban J connectivity index is 0.000000415. The normalized spacial score (nSPS) is 12.6. The maximum absolute atomic E-state index is 12.3. The number of likely N-dealkylation sites (N-methyl/N-ethyl adjacent to an activating group) is 1. The number of aromatic hydroxyl groups is 6. The summed E-state index contributed by atoms with van der Waals surface area (Å²) in [4.78, 5) is 72.0. The first-order chi connectivity index (χ1) is 39.6. The lowest BCUT2D eigenvalue weighted by atomic mass is 10.1. The molecule has 0 aliphatic heterocycles. The van der Waals surface area contributed by atoms with Crippen molar-refractivity contribution >= 4 is 58.3 Å². The van der Waals surface area contributed by atoms with Gasteiger partial charge in [-0.1, -0.05) is 72.8 Å². The first-order valence-electron chi connectivity index (χ1n) is 25.5. The summed E-state index contributed by atoms with van der Waals surface area (Å²) in [6.45, 7) is 4.55. The Morgan fingerprint density at radius 2 is 0.706 bits per heavy atom. The van der Waals surface area contributed by atoms with E-state index >= 15 is 0 Å². The fraction of sp³-hybridized carbons (Fsp3) is 0.288. The van der Waals surface area contributed by atoms with Crippen LogP contribution in [-0.2, 0) is 72.2 Å². The van der Waals surface area contributed by atoms with E-state index in [1.165, 1.54) is 36.4 Å². The van der Waals surface area contributed by atoms with Crippen LogP contribution in [0.4, 0.5) is 0 Å². The summed E-state index contributed by atoms with van der Waals surface area (Å²) in [5.41, 5.74) is 14.6. The standard InChI is InChI=1S/C20H23NO6.2C19H21NO6.CH4O3S.ClH/c1-13(27-19(24)15-6-4-3-5-7-15)12-26-20(25)16(21-2)10-14-8-9-17(22)18(23)11-14;2*1-12(26-18(23)14-5-3-2-4-6-14)11-25-19(24)15(20)9-13-7-8-16(21)17(22)10-13;1-5(2,3)4;/h3-9,11,13,16,21-23H,10,12H2,1-2H3;2*2-8,10,12,15,21-22H,9,11,20H2,1H3;1H3,(H,2,3,4);1H/t13-,16+;2*12-,15+;;/m111../s1. The van der Waals surface area contributed by atoms with Crippen LogP contribution in [0, 0.1) is 0 Å². The summed E-state index contributed by atoms with van der Waals surface area (Å²) in [6.07, 6.45) is -0.616. The lowest BCUT2D eigenvalue weighted by Crippen LogP contribution is -2.38. The highest BCUT2D eigenvalue weighted by Gasteiger charge is 2.23. The van der Waals surface area contributed by atoms with Crippen molar-refractivity contribution < 1.29 is 101 Å². The Morgan fingerprint density at radius 3 is 0.965 bits per heavy atom. The van der Waals surface area contributed by atoms with Gasteiger partial charge in [-0.05, 0) is 137 Å². The molecule has 0 saturated carbocycles. The Kier molecular flexibility index (Phi) is 31.0. The number of phenolic OH excluding ortho intramolecular Hbond substituents is 6. The first kappa shape index (κ1) is 72.1. The Bertz CT molecular complexity index is 3060. The molecule has 0 saturated heterocycles. The third kappa shape index (κ3) is 28.2. The molecule has 0 aliphatic carbocycles. The molecule has 24 nitrogen and oxygen atoms in total. The number of ether oxygens (including phenoxy) is 6. The van der Waals surface area contributed by atoms with Crippen LogP contribution in [0.3, 0.4) is 0 Å². The van der Waals surface area contributed by atoms with Crippen LogP contribution in [-0.4, -0.2) is 149 Å². The molecule has 6 rings (SSSR count). The number of carbonyl (C=O) groups excluding carboxylic acids is 6. The first-order valence-corrected chi connectivity index (χ1v) is 27.4. The number of nitrogens with two attached hydrogens (primary N) is 2. The van der Waals surface area contributed by atoms with Crippen LogP contribution in [0.5, 0.6) is 34.5 Å². The molecule has 0 aliphatic rings. The molecule has 0 spiro atoms. The SMILES string of the molecule is CN[C@@H](Cc1ccc(O)c(O)c1)C(=O)OC[C@@H](C)OC(=O)c1ccccc1.CS(=O)(=O)O.C[C@H](COC(=O)[C@@H](N)Cc1ccc(O)c(O)c1)OC(=O)c1ccccc1.C[C@H](COC(=O)[C@@H](N)Cc1ccc(O)c(O)c1)OC(=O)c1ccccc1.Cl. The lowest BCUT2D eigenvalue weighted by molar-refractivity contribution is -0.149. The van der Waals surface area contributed by atoms with E-state index in [2.05, 4.69) is 5.32 Å². The van der Waals surface area contributed by atoms with Gasteiger partial charge in [0.15, 0.2) is 34.5 Å². The van der Waals surface area contributed by atoms with Crippen LogP contribution in [0.2, 0.25) is 0 Å². The maximum atomic E-state index is 12.3. The zero-order valence-electron chi connectivity index (χ0n) is 46.9. The van der Waals surface area contributed by atoms with Crippen LogP contribution in [0.15, 0.2) is 146 Å². The van der Waals surface area contributed by atoms with Crippen molar-refractivity contribution in [3.05, 3.63) is 179 Å². The van der Waals surface area contributed by atoms with Crippen LogP contribution >= 0.6 is 12.4 Å². The summed E-state index contributed by atoms with van der Waals surface area (Å²) in [5.74, 6) is -4.85. The molecule has 460 valence electrons. The van der Waals surface area contributed by atoms with Gasteiger partial charge < -0.3 is 75.8 Å².